The third kappa shape index (κ3) is 3.55. The van der Waals surface area contributed by atoms with Crippen molar-refractivity contribution < 1.29 is 14.4 Å². The quantitative estimate of drug-likeness (QED) is 0.741. The minimum absolute atomic E-state index is 0.0207. The fraction of sp³-hybridized carbons (Fsp3) is 0.769. The molecule has 5 heteroatoms. The molecule has 1 heterocycles. The third-order valence-corrected chi connectivity index (χ3v) is 3.02. The normalized spacial score (nSPS) is 17.3. The van der Waals surface area contributed by atoms with E-state index in [4.69, 9.17) is 0 Å². The second-order valence-corrected chi connectivity index (χ2v) is 5.74. The fourth-order valence-electron chi connectivity index (χ4n) is 1.73. The Kier molecular flexibility index (Phi) is 4.48. The molecule has 0 atom stereocenters. The highest BCUT2D eigenvalue weighted by atomic mass is 16.2. The van der Waals surface area contributed by atoms with Gasteiger partial charge in [0.1, 0.15) is 6.54 Å². The van der Waals surface area contributed by atoms with E-state index in [0.29, 0.717) is 6.54 Å². The molecule has 1 fully saturated rings. The van der Waals surface area contributed by atoms with Crippen LogP contribution in [0.2, 0.25) is 0 Å². The summed E-state index contributed by atoms with van der Waals surface area (Å²) in [6, 6.07) is 0. The van der Waals surface area contributed by atoms with Crippen molar-refractivity contribution in [2.24, 2.45) is 5.41 Å². The Morgan fingerprint density at radius 1 is 1.11 bits per heavy atom. The van der Waals surface area contributed by atoms with Crippen LogP contribution >= 0.6 is 0 Å². The van der Waals surface area contributed by atoms with Gasteiger partial charge >= 0.3 is 0 Å². The van der Waals surface area contributed by atoms with E-state index in [1.165, 1.54) is 4.90 Å². The number of rotatable bonds is 4. The predicted molar refractivity (Wildman–Crippen MR) is 67.9 cm³/mol. The Hall–Kier alpha value is -1.39. The van der Waals surface area contributed by atoms with Gasteiger partial charge in [0.2, 0.25) is 11.8 Å². The number of carbonyl (C=O) groups is 3. The number of amides is 2. The summed E-state index contributed by atoms with van der Waals surface area (Å²) in [5.41, 5.74) is -0.482. The molecule has 0 radical (unpaired) electrons. The second kappa shape index (κ2) is 5.50. The lowest BCUT2D eigenvalue weighted by Gasteiger charge is -2.34. The van der Waals surface area contributed by atoms with Crippen molar-refractivity contribution in [2.75, 3.05) is 26.2 Å². The smallest absolute Gasteiger partial charge is 0.243 e. The molecule has 5 nitrogen and oxygen atoms in total. The van der Waals surface area contributed by atoms with E-state index in [2.05, 4.69) is 0 Å². The first-order chi connectivity index (χ1) is 8.25. The molecule has 2 amide bonds. The van der Waals surface area contributed by atoms with Gasteiger partial charge in [-0.1, -0.05) is 27.7 Å². The van der Waals surface area contributed by atoms with Crippen molar-refractivity contribution in [3.05, 3.63) is 0 Å². The van der Waals surface area contributed by atoms with Crippen molar-refractivity contribution in [1.82, 2.24) is 9.80 Å². The van der Waals surface area contributed by atoms with Crippen molar-refractivity contribution in [1.29, 1.82) is 0 Å². The first kappa shape index (κ1) is 14.7. The highest BCUT2D eigenvalue weighted by Gasteiger charge is 2.32. The lowest BCUT2D eigenvalue weighted by molar-refractivity contribution is -0.152. The van der Waals surface area contributed by atoms with Crippen LogP contribution in [-0.4, -0.2) is 53.6 Å². The molecule has 1 aliphatic rings. The van der Waals surface area contributed by atoms with E-state index >= 15 is 0 Å². The maximum atomic E-state index is 11.9. The van der Waals surface area contributed by atoms with Gasteiger partial charge in [0, 0.05) is 12.0 Å². The van der Waals surface area contributed by atoms with Gasteiger partial charge in [0.05, 0.1) is 13.1 Å². The lowest BCUT2D eigenvalue weighted by Crippen LogP contribution is -2.55. The Balaban J connectivity index is 2.63. The van der Waals surface area contributed by atoms with Gasteiger partial charge in [-0.3, -0.25) is 14.4 Å². The van der Waals surface area contributed by atoms with Gasteiger partial charge in [-0.2, -0.15) is 0 Å². The molecule has 0 saturated carbocycles. The summed E-state index contributed by atoms with van der Waals surface area (Å²) in [5.74, 6) is -0.230. The van der Waals surface area contributed by atoms with E-state index in [1.807, 2.05) is 27.7 Å². The Morgan fingerprint density at radius 3 is 2.11 bits per heavy atom. The average molecular weight is 254 g/mol. The van der Waals surface area contributed by atoms with E-state index in [1.54, 1.807) is 4.90 Å². The van der Waals surface area contributed by atoms with Gasteiger partial charge in [-0.05, 0) is 6.42 Å². The SMILES string of the molecule is CCCN1CC(=O)N(CC(=O)C(C)(C)C)CC1=O. The molecular weight excluding hydrogens is 232 g/mol. The molecule has 18 heavy (non-hydrogen) atoms. The van der Waals surface area contributed by atoms with Gasteiger partial charge in [-0.25, -0.2) is 0 Å². The first-order valence-corrected chi connectivity index (χ1v) is 6.34. The summed E-state index contributed by atoms with van der Waals surface area (Å²) in [4.78, 5) is 38.5. The molecule has 1 aliphatic heterocycles. The summed E-state index contributed by atoms with van der Waals surface area (Å²) in [6.07, 6.45) is 0.833. The van der Waals surface area contributed by atoms with E-state index < -0.39 is 5.41 Å². The average Bonchev–Trinajstić information content (AvgIpc) is 2.24. The summed E-state index contributed by atoms with van der Waals surface area (Å²) in [6.45, 7) is 8.18. The predicted octanol–water partition coefficient (Wildman–Crippen LogP) is 0.682. The van der Waals surface area contributed by atoms with Gasteiger partial charge in [-0.15, -0.1) is 0 Å². The molecule has 0 unspecified atom stereocenters. The van der Waals surface area contributed by atoms with Crippen LogP contribution < -0.4 is 0 Å². The van der Waals surface area contributed by atoms with E-state index in [-0.39, 0.29) is 37.2 Å². The Bertz CT molecular complexity index is 358. The van der Waals surface area contributed by atoms with Crippen LogP contribution in [0.15, 0.2) is 0 Å². The standard InChI is InChI=1S/C13H22N2O3/c1-5-6-14-8-12(18)15(9-11(14)17)7-10(16)13(2,3)4/h5-9H2,1-4H3. The van der Waals surface area contributed by atoms with Crippen LogP contribution in [0.5, 0.6) is 0 Å². The van der Waals surface area contributed by atoms with Crippen LogP contribution in [0.25, 0.3) is 0 Å². The molecule has 1 rings (SSSR count). The van der Waals surface area contributed by atoms with Gasteiger partial charge < -0.3 is 9.80 Å². The minimum Gasteiger partial charge on any atom is -0.332 e. The highest BCUT2D eigenvalue weighted by molar-refractivity contribution is 5.96. The molecule has 0 bridgehead atoms. The second-order valence-electron chi connectivity index (χ2n) is 5.74. The molecule has 102 valence electrons. The maximum Gasteiger partial charge on any atom is 0.243 e. The van der Waals surface area contributed by atoms with Crippen molar-refractivity contribution in [2.45, 2.75) is 34.1 Å². The highest BCUT2D eigenvalue weighted by Crippen LogP contribution is 2.16. The number of piperazine rings is 1. The van der Waals surface area contributed by atoms with E-state index in [0.717, 1.165) is 6.42 Å². The van der Waals surface area contributed by atoms with Gasteiger partial charge in [0.15, 0.2) is 5.78 Å². The molecule has 0 aromatic heterocycles. The van der Waals surface area contributed by atoms with Crippen LogP contribution in [0.3, 0.4) is 0 Å². The molecule has 1 saturated heterocycles. The van der Waals surface area contributed by atoms with Crippen LogP contribution in [-0.2, 0) is 14.4 Å². The van der Waals surface area contributed by atoms with Crippen LogP contribution in [0.1, 0.15) is 34.1 Å². The summed E-state index contributed by atoms with van der Waals surface area (Å²) in [7, 11) is 0. The fourth-order valence-corrected chi connectivity index (χ4v) is 1.73. The topological polar surface area (TPSA) is 57.7 Å². The number of Topliss-reactive ketones (excluding diaryl/α,β-unsaturated/α-hetero) is 1. The maximum absolute atomic E-state index is 11.9. The van der Waals surface area contributed by atoms with Crippen molar-refractivity contribution in [3.8, 4) is 0 Å². The lowest BCUT2D eigenvalue weighted by atomic mass is 9.90. The summed E-state index contributed by atoms with van der Waals surface area (Å²) in [5, 5.41) is 0. The third-order valence-electron chi connectivity index (χ3n) is 3.02. The molecule has 0 aromatic carbocycles. The number of hydrogen-bond donors (Lipinski definition) is 0. The van der Waals surface area contributed by atoms with Gasteiger partial charge in [0.25, 0.3) is 0 Å². The first-order valence-electron chi connectivity index (χ1n) is 6.34. The zero-order chi connectivity index (χ0) is 13.9. The van der Waals surface area contributed by atoms with Crippen LogP contribution in [0.4, 0.5) is 0 Å². The Labute approximate surface area is 108 Å². The molecule has 0 N–H and O–H groups in total. The van der Waals surface area contributed by atoms with Crippen molar-refractivity contribution in [3.63, 3.8) is 0 Å². The number of hydrogen-bond acceptors (Lipinski definition) is 3. The molecule has 0 aromatic rings. The minimum atomic E-state index is -0.482. The van der Waals surface area contributed by atoms with Crippen molar-refractivity contribution >= 4 is 17.6 Å². The Morgan fingerprint density at radius 2 is 1.61 bits per heavy atom. The summed E-state index contributed by atoms with van der Waals surface area (Å²) >= 11 is 0. The summed E-state index contributed by atoms with van der Waals surface area (Å²) < 4.78 is 0. The zero-order valence-electron chi connectivity index (χ0n) is 11.7. The number of ketones is 1. The molecule has 0 aliphatic carbocycles. The largest absolute Gasteiger partial charge is 0.332 e. The zero-order valence-corrected chi connectivity index (χ0v) is 11.7. The van der Waals surface area contributed by atoms with E-state index in [9.17, 15) is 14.4 Å². The molecule has 0 spiro atoms. The number of nitrogens with zero attached hydrogens (tertiary/aromatic N) is 2. The van der Waals surface area contributed by atoms with Crippen LogP contribution in [0, 0.1) is 5.41 Å². The molecular formula is C13H22N2O3. The number of carbonyl (C=O) groups excluding carboxylic acids is 3. The monoisotopic (exact) mass is 254 g/mol.